The van der Waals surface area contributed by atoms with Gasteiger partial charge in [0, 0.05) is 10.6 Å². The second-order valence-corrected chi connectivity index (χ2v) is 5.35. The minimum absolute atomic E-state index is 0. The molecule has 2 rings (SSSR count). The minimum Gasteiger partial charge on any atom is -1.00 e. The van der Waals surface area contributed by atoms with Gasteiger partial charge in [-0.2, -0.15) is 0 Å². The molecule has 0 aromatic heterocycles. The van der Waals surface area contributed by atoms with Crippen LogP contribution in [0.3, 0.4) is 0 Å². The molecular weight excluding hydrogens is 241 g/mol. The SMILES string of the molecule is C[N+]1(Cc2ccc(Cl)cc2)CCCCC1.[Cl-]. The Bertz CT molecular complexity index is 315. The number of rotatable bonds is 2. The lowest BCUT2D eigenvalue weighted by Crippen LogP contribution is -3.00. The summed E-state index contributed by atoms with van der Waals surface area (Å²) in [6, 6.07) is 8.29. The van der Waals surface area contributed by atoms with Gasteiger partial charge in [0.2, 0.25) is 0 Å². The van der Waals surface area contributed by atoms with Crippen LogP contribution in [0.2, 0.25) is 5.02 Å². The first-order valence-electron chi connectivity index (χ1n) is 5.76. The normalized spacial score (nSPS) is 18.9. The summed E-state index contributed by atoms with van der Waals surface area (Å²) in [4.78, 5) is 0. The summed E-state index contributed by atoms with van der Waals surface area (Å²) in [7, 11) is 2.37. The molecule has 0 amide bonds. The van der Waals surface area contributed by atoms with Crippen molar-refractivity contribution in [1.29, 1.82) is 0 Å². The average molecular weight is 260 g/mol. The van der Waals surface area contributed by atoms with Crippen LogP contribution in [0.4, 0.5) is 0 Å². The fourth-order valence-electron chi connectivity index (χ4n) is 2.46. The molecule has 0 bridgehead atoms. The zero-order valence-corrected chi connectivity index (χ0v) is 11.3. The van der Waals surface area contributed by atoms with Crippen molar-refractivity contribution in [2.75, 3.05) is 20.1 Å². The van der Waals surface area contributed by atoms with Gasteiger partial charge in [-0.15, -0.1) is 0 Å². The molecule has 0 saturated carbocycles. The standard InChI is InChI=1S/C13H19ClN.ClH/c1-15(9-3-2-4-10-15)11-12-5-7-13(14)8-6-12;/h5-8H,2-4,9-11H2,1H3;1H/q+1;/p-1. The molecule has 90 valence electrons. The Morgan fingerprint density at radius 1 is 1.06 bits per heavy atom. The third kappa shape index (κ3) is 3.65. The highest BCUT2D eigenvalue weighted by Gasteiger charge is 2.24. The van der Waals surface area contributed by atoms with Gasteiger partial charge in [0.15, 0.2) is 0 Å². The van der Waals surface area contributed by atoms with Gasteiger partial charge in [0.05, 0.1) is 20.1 Å². The van der Waals surface area contributed by atoms with Gasteiger partial charge in [-0.25, -0.2) is 0 Å². The Morgan fingerprint density at radius 2 is 1.62 bits per heavy atom. The Hall–Kier alpha value is -0.240. The molecule has 1 aliphatic rings. The van der Waals surface area contributed by atoms with E-state index in [4.69, 9.17) is 11.6 Å². The van der Waals surface area contributed by atoms with E-state index in [1.165, 1.54) is 42.4 Å². The van der Waals surface area contributed by atoms with Gasteiger partial charge in [-0.05, 0) is 31.4 Å². The number of benzene rings is 1. The number of hydrogen-bond donors (Lipinski definition) is 0. The Kier molecular flexibility index (Phi) is 5.10. The van der Waals surface area contributed by atoms with Crippen molar-refractivity contribution in [1.82, 2.24) is 0 Å². The van der Waals surface area contributed by atoms with Crippen molar-refractivity contribution < 1.29 is 16.9 Å². The first-order chi connectivity index (χ1) is 7.18. The third-order valence-electron chi connectivity index (χ3n) is 3.37. The molecular formula is C13H19Cl2N. The molecule has 0 N–H and O–H groups in total. The van der Waals surface area contributed by atoms with Crippen molar-refractivity contribution in [2.45, 2.75) is 25.8 Å². The molecule has 0 spiro atoms. The second-order valence-electron chi connectivity index (χ2n) is 4.91. The maximum Gasteiger partial charge on any atom is 0.104 e. The Labute approximate surface area is 109 Å². The zero-order chi connectivity index (χ0) is 10.7. The third-order valence-corrected chi connectivity index (χ3v) is 3.63. The fraction of sp³-hybridized carbons (Fsp3) is 0.538. The lowest BCUT2D eigenvalue weighted by Gasteiger charge is -2.37. The van der Waals surface area contributed by atoms with E-state index in [1.807, 2.05) is 12.1 Å². The monoisotopic (exact) mass is 259 g/mol. The molecule has 0 radical (unpaired) electrons. The smallest absolute Gasteiger partial charge is 0.104 e. The Balaban J connectivity index is 0.00000128. The maximum atomic E-state index is 5.88. The molecule has 3 heteroatoms. The van der Waals surface area contributed by atoms with Crippen LogP contribution < -0.4 is 12.4 Å². The van der Waals surface area contributed by atoms with E-state index in [2.05, 4.69) is 19.2 Å². The summed E-state index contributed by atoms with van der Waals surface area (Å²) >= 11 is 5.88. The molecule has 1 nitrogen and oxygen atoms in total. The van der Waals surface area contributed by atoms with Crippen LogP contribution in [-0.4, -0.2) is 24.6 Å². The van der Waals surface area contributed by atoms with Crippen molar-refractivity contribution in [3.8, 4) is 0 Å². The van der Waals surface area contributed by atoms with Gasteiger partial charge in [-0.3, -0.25) is 0 Å². The summed E-state index contributed by atoms with van der Waals surface area (Å²) < 4.78 is 1.20. The molecule has 1 aliphatic heterocycles. The van der Waals surface area contributed by atoms with Crippen LogP contribution >= 0.6 is 11.6 Å². The van der Waals surface area contributed by atoms with Crippen LogP contribution in [0.15, 0.2) is 24.3 Å². The van der Waals surface area contributed by atoms with E-state index in [-0.39, 0.29) is 12.4 Å². The van der Waals surface area contributed by atoms with Gasteiger partial charge in [0.1, 0.15) is 6.54 Å². The number of quaternary nitrogens is 1. The lowest BCUT2D eigenvalue weighted by atomic mass is 10.1. The summed E-state index contributed by atoms with van der Waals surface area (Å²) in [6.07, 6.45) is 4.17. The maximum absolute atomic E-state index is 5.88. The zero-order valence-electron chi connectivity index (χ0n) is 9.76. The largest absolute Gasteiger partial charge is 1.00 e. The van der Waals surface area contributed by atoms with Crippen LogP contribution in [-0.2, 0) is 6.54 Å². The highest BCUT2D eigenvalue weighted by Crippen LogP contribution is 2.20. The topological polar surface area (TPSA) is 0 Å². The van der Waals surface area contributed by atoms with Crippen LogP contribution in [0.5, 0.6) is 0 Å². The molecule has 0 atom stereocenters. The van der Waals surface area contributed by atoms with Crippen molar-refractivity contribution in [2.24, 2.45) is 0 Å². The van der Waals surface area contributed by atoms with Crippen molar-refractivity contribution in [3.05, 3.63) is 34.9 Å². The quantitative estimate of drug-likeness (QED) is 0.678. The minimum atomic E-state index is 0. The predicted octanol–water partition coefficient (Wildman–Crippen LogP) is 0.474. The van der Waals surface area contributed by atoms with Gasteiger partial charge >= 0.3 is 0 Å². The first kappa shape index (κ1) is 13.8. The van der Waals surface area contributed by atoms with E-state index in [0.717, 1.165) is 11.6 Å². The molecule has 0 aliphatic carbocycles. The molecule has 16 heavy (non-hydrogen) atoms. The molecule has 1 heterocycles. The first-order valence-corrected chi connectivity index (χ1v) is 6.14. The highest BCUT2D eigenvalue weighted by atomic mass is 35.5. The number of piperidine rings is 1. The van der Waals surface area contributed by atoms with Crippen molar-refractivity contribution >= 4 is 11.6 Å². The van der Waals surface area contributed by atoms with Crippen molar-refractivity contribution in [3.63, 3.8) is 0 Å². The van der Waals surface area contributed by atoms with Crippen LogP contribution in [0.25, 0.3) is 0 Å². The lowest BCUT2D eigenvalue weighted by molar-refractivity contribution is -0.926. The van der Waals surface area contributed by atoms with E-state index in [1.54, 1.807) is 0 Å². The summed E-state index contributed by atoms with van der Waals surface area (Å²) in [6.45, 7) is 3.79. The van der Waals surface area contributed by atoms with Gasteiger partial charge in [-0.1, -0.05) is 23.7 Å². The van der Waals surface area contributed by atoms with E-state index >= 15 is 0 Å². The Morgan fingerprint density at radius 3 is 2.19 bits per heavy atom. The van der Waals surface area contributed by atoms with Crippen LogP contribution in [0.1, 0.15) is 24.8 Å². The second kappa shape index (κ2) is 5.90. The molecule has 1 saturated heterocycles. The summed E-state index contributed by atoms with van der Waals surface area (Å²) in [5.41, 5.74) is 1.41. The summed E-state index contributed by atoms with van der Waals surface area (Å²) in [5, 5.41) is 0.833. The number of likely N-dealkylation sites (tertiary alicyclic amines) is 1. The van der Waals surface area contributed by atoms with Gasteiger partial charge in [0.25, 0.3) is 0 Å². The molecule has 1 aromatic rings. The van der Waals surface area contributed by atoms with E-state index in [0.29, 0.717) is 0 Å². The number of nitrogens with zero attached hydrogens (tertiary/aromatic N) is 1. The van der Waals surface area contributed by atoms with E-state index < -0.39 is 0 Å². The van der Waals surface area contributed by atoms with Gasteiger partial charge < -0.3 is 16.9 Å². The number of hydrogen-bond acceptors (Lipinski definition) is 0. The fourth-order valence-corrected chi connectivity index (χ4v) is 2.59. The predicted molar refractivity (Wildman–Crippen MR) is 64.9 cm³/mol. The van der Waals surface area contributed by atoms with Crippen LogP contribution in [0, 0.1) is 0 Å². The number of halogens is 2. The molecule has 1 fully saturated rings. The molecule has 0 unspecified atom stereocenters. The highest BCUT2D eigenvalue weighted by molar-refractivity contribution is 6.30. The van der Waals surface area contributed by atoms with E-state index in [9.17, 15) is 0 Å². The molecule has 1 aromatic carbocycles. The average Bonchev–Trinajstić information content (AvgIpc) is 2.22. The summed E-state index contributed by atoms with van der Waals surface area (Å²) in [5.74, 6) is 0.